The van der Waals surface area contributed by atoms with Crippen molar-refractivity contribution < 1.29 is 14.3 Å². The SMILES string of the molecule is COC(=O)C1CC(C)=CN1C(C)=O. The van der Waals surface area contributed by atoms with Gasteiger partial charge in [0.1, 0.15) is 6.04 Å². The average Bonchev–Trinajstić information content (AvgIpc) is 2.46. The lowest BCUT2D eigenvalue weighted by Crippen LogP contribution is -2.38. The van der Waals surface area contributed by atoms with E-state index in [0.717, 1.165) is 5.57 Å². The maximum Gasteiger partial charge on any atom is 0.329 e. The van der Waals surface area contributed by atoms with Gasteiger partial charge < -0.3 is 9.64 Å². The van der Waals surface area contributed by atoms with Crippen LogP contribution in [0.3, 0.4) is 0 Å². The number of hydrogen-bond acceptors (Lipinski definition) is 3. The van der Waals surface area contributed by atoms with Crippen molar-refractivity contribution >= 4 is 11.9 Å². The molecule has 1 aliphatic rings. The van der Waals surface area contributed by atoms with Crippen molar-refractivity contribution in [1.82, 2.24) is 4.90 Å². The summed E-state index contributed by atoms with van der Waals surface area (Å²) < 4.78 is 4.60. The summed E-state index contributed by atoms with van der Waals surface area (Å²) in [5.41, 5.74) is 1.02. The zero-order valence-corrected chi connectivity index (χ0v) is 8.03. The normalized spacial score (nSPS) is 21.3. The highest BCUT2D eigenvalue weighted by Gasteiger charge is 2.32. The summed E-state index contributed by atoms with van der Waals surface area (Å²) in [5.74, 6) is -0.490. The Morgan fingerprint density at radius 1 is 1.62 bits per heavy atom. The number of nitrogens with zero attached hydrogens (tertiary/aromatic N) is 1. The van der Waals surface area contributed by atoms with Crippen LogP contribution in [0.15, 0.2) is 11.8 Å². The van der Waals surface area contributed by atoms with Crippen molar-refractivity contribution in [3.63, 3.8) is 0 Å². The van der Waals surface area contributed by atoms with Gasteiger partial charge in [-0.15, -0.1) is 0 Å². The first-order chi connectivity index (χ1) is 6.06. The average molecular weight is 183 g/mol. The van der Waals surface area contributed by atoms with Crippen LogP contribution >= 0.6 is 0 Å². The van der Waals surface area contributed by atoms with E-state index in [0.29, 0.717) is 6.42 Å². The van der Waals surface area contributed by atoms with Crippen LogP contribution in [0.2, 0.25) is 0 Å². The second-order valence-electron chi connectivity index (χ2n) is 3.14. The van der Waals surface area contributed by atoms with Gasteiger partial charge in [-0.3, -0.25) is 4.79 Å². The van der Waals surface area contributed by atoms with Crippen LogP contribution in [-0.2, 0) is 14.3 Å². The van der Waals surface area contributed by atoms with Crippen LogP contribution in [0.25, 0.3) is 0 Å². The predicted octanol–water partition coefficient (Wildman–Crippen LogP) is 0.684. The molecule has 1 rings (SSSR count). The second kappa shape index (κ2) is 3.60. The molecule has 0 aromatic carbocycles. The van der Waals surface area contributed by atoms with Crippen LogP contribution in [-0.4, -0.2) is 29.9 Å². The van der Waals surface area contributed by atoms with Crippen LogP contribution in [0.1, 0.15) is 20.3 Å². The first-order valence-corrected chi connectivity index (χ1v) is 4.10. The van der Waals surface area contributed by atoms with Gasteiger partial charge in [0.2, 0.25) is 5.91 Å². The molecule has 0 N–H and O–H groups in total. The van der Waals surface area contributed by atoms with E-state index in [1.807, 2.05) is 6.92 Å². The quantitative estimate of drug-likeness (QED) is 0.562. The van der Waals surface area contributed by atoms with Crippen molar-refractivity contribution in [3.05, 3.63) is 11.8 Å². The Morgan fingerprint density at radius 2 is 2.23 bits per heavy atom. The number of rotatable bonds is 1. The van der Waals surface area contributed by atoms with Gasteiger partial charge in [-0.2, -0.15) is 0 Å². The summed E-state index contributed by atoms with van der Waals surface area (Å²) in [5, 5.41) is 0. The summed E-state index contributed by atoms with van der Waals surface area (Å²) in [7, 11) is 1.33. The van der Waals surface area contributed by atoms with Gasteiger partial charge in [0, 0.05) is 19.5 Å². The van der Waals surface area contributed by atoms with E-state index < -0.39 is 6.04 Å². The third-order valence-electron chi connectivity index (χ3n) is 2.05. The summed E-state index contributed by atoms with van der Waals surface area (Å²) in [6.07, 6.45) is 2.27. The standard InChI is InChI=1S/C9H13NO3/c1-6-4-8(9(12)13-3)10(5-6)7(2)11/h5,8H,4H2,1-3H3. The van der Waals surface area contributed by atoms with Crippen LogP contribution in [0.4, 0.5) is 0 Å². The molecule has 72 valence electrons. The lowest BCUT2D eigenvalue weighted by molar-refractivity contribution is -0.149. The summed E-state index contributed by atoms with van der Waals surface area (Å²) >= 11 is 0. The zero-order chi connectivity index (χ0) is 10.0. The predicted molar refractivity (Wildman–Crippen MR) is 46.7 cm³/mol. The lowest BCUT2D eigenvalue weighted by Gasteiger charge is -2.19. The molecule has 4 nitrogen and oxygen atoms in total. The van der Waals surface area contributed by atoms with Gasteiger partial charge in [0.15, 0.2) is 0 Å². The molecule has 1 heterocycles. The number of amides is 1. The summed E-state index contributed by atoms with van der Waals surface area (Å²) in [6.45, 7) is 3.32. The molecule has 13 heavy (non-hydrogen) atoms. The molecule has 0 aromatic heterocycles. The molecular formula is C9H13NO3. The molecule has 1 aliphatic heterocycles. The number of methoxy groups -OCH3 is 1. The fraction of sp³-hybridized carbons (Fsp3) is 0.556. The van der Waals surface area contributed by atoms with E-state index in [2.05, 4.69) is 4.74 Å². The number of carbonyl (C=O) groups is 2. The van der Waals surface area contributed by atoms with E-state index >= 15 is 0 Å². The maximum absolute atomic E-state index is 11.2. The minimum absolute atomic E-state index is 0.132. The molecule has 1 atom stereocenters. The Hall–Kier alpha value is -1.32. The largest absolute Gasteiger partial charge is 0.467 e. The van der Waals surface area contributed by atoms with E-state index in [1.54, 1.807) is 6.20 Å². The van der Waals surface area contributed by atoms with Crippen LogP contribution in [0, 0.1) is 0 Å². The van der Waals surface area contributed by atoms with Crippen molar-refractivity contribution in [2.75, 3.05) is 7.11 Å². The van der Waals surface area contributed by atoms with Crippen molar-refractivity contribution in [1.29, 1.82) is 0 Å². The van der Waals surface area contributed by atoms with E-state index in [-0.39, 0.29) is 11.9 Å². The minimum atomic E-state index is -0.456. The van der Waals surface area contributed by atoms with Gasteiger partial charge in [-0.1, -0.05) is 5.57 Å². The van der Waals surface area contributed by atoms with Gasteiger partial charge in [0.05, 0.1) is 7.11 Å². The molecule has 0 fully saturated rings. The highest BCUT2D eigenvalue weighted by Crippen LogP contribution is 2.21. The molecule has 0 bridgehead atoms. The smallest absolute Gasteiger partial charge is 0.329 e. The molecule has 4 heteroatoms. The van der Waals surface area contributed by atoms with E-state index in [9.17, 15) is 9.59 Å². The van der Waals surface area contributed by atoms with Crippen molar-refractivity contribution in [2.24, 2.45) is 0 Å². The first kappa shape index (κ1) is 9.77. The van der Waals surface area contributed by atoms with Crippen molar-refractivity contribution in [3.8, 4) is 0 Å². The van der Waals surface area contributed by atoms with Crippen LogP contribution in [0.5, 0.6) is 0 Å². The van der Waals surface area contributed by atoms with E-state index in [1.165, 1.54) is 18.9 Å². The van der Waals surface area contributed by atoms with E-state index in [4.69, 9.17) is 0 Å². The Morgan fingerprint density at radius 3 is 2.69 bits per heavy atom. The number of hydrogen-bond donors (Lipinski definition) is 0. The fourth-order valence-electron chi connectivity index (χ4n) is 1.43. The number of esters is 1. The zero-order valence-electron chi connectivity index (χ0n) is 8.03. The molecular weight excluding hydrogens is 170 g/mol. The Balaban J connectivity index is 2.79. The van der Waals surface area contributed by atoms with Crippen LogP contribution < -0.4 is 0 Å². The third kappa shape index (κ3) is 1.88. The maximum atomic E-state index is 11.2. The Kier molecular flexibility index (Phi) is 2.70. The molecule has 0 saturated carbocycles. The molecule has 0 spiro atoms. The fourth-order valence-corrected chi connectivity index (χ4v) is 1.43. The Bertz CT molecular complexity index is 270. The highest BCUT2D eigenvalue weighted by atomic mass is 16.5. The van der Waals surface area contributed by atoms with Gasteiger partial charge in [-0.25, -0.2) is 4.79 Å². The lowest BCUT2D eigenvalue weighted by atomic mass is 10.1. The minimum Gasteiger partial charge on any atom is -0.467 e. The van der Waals surface area contributed by atoms with Gasteiger partial charge in [-0.05, 0) is 6.92 Å². The summed E-state index contributed by atoms with van der Waals surface area (Å²) in [6, 6.07) is -0.456. The first-order valence-electron chi connectivity index (χ1n) is 4.10. The van der Waals surface area contributed by atoms with Gasteiger partial charge in [0.25, 0.3) is 0 Å². The summed E-state index contributed by atoms with van der Waals surface area (Å²) in [4.78, 5) is 23.7. The monoisotopic (exact) mass is 183 g/mol. The molecule has 0 radical (unpaired) electrons. The molecule has 1 unspecified atom stereocenters. The third-order valence-corrected chi connectivity index (χ3v) is 2.05. The highest BCUT2D eigenvalue weighted by molar-refractivity contribution is 5.85. The second-order valence-corrected chi connectivity index (χ2v) is 3.14. The molecule has 0 saturated heterocycles. The van der Waals surface area contributed by atoms with Gasteiger partial charge >= 0.3 is 5.97 Å². The molecule has 1 amide bonds. The van der Waals surface area contributed by atoms with Crippen molar-refractivity contribution in [2.45, 2.75) is 26.3 Å². The molecule has 0 aromatic rings. The topological polar surface area (TPSA) is 46.6 Å². The Labute approximate surface area is 77.2 Å². The number of ether oxygens (including phenoxy) is 1. The number of carbonyl (C=O) groups excluding carboxylic acids is 2. The molecule has 0 aliphatic carbocycles.